The number of hydrogen-bond donors (Lipinski definition) is 2. The van der Waals surface area contributed by atoms with Gasteiger partial charge in [0, 0.05) is 30.7 Å². The maximum absolute atomic E-state index is 12.2. The Morgan fingerprint density at radius 2 is 1.92 bits per heavy atom. The molecule has 0 aliphatic heterocycles. The van der Waals surface area contributed by atoms with E-state index in [-0.39, 0.29) is 17.6 Å². The molecule has 2 aromatic heterocycles. The first-order valence-corrected chi connectivity index (χ1v) is 6.91. The van der Waals surface area contributed by atoms with Gasteiger partial charge < -0.3 is 15.2 Å². The zero-order chi connectivity index (χ0) is 16.9. The fourth-order valence-corrected chi connectivity index (χ4v) is 1.90. The van der Waals surface area contributed by atoms with Gasteiger partial charge in [0.2, 0.25) is 11.7 Å². The van der Waals surface area contributed by atoms with Gasteiger partial charge in [-0.25, -0.2) is 4.98 Å². The molecule has 1 aromatic carbocycles. The van der Waals surface area contributed by atoms with Gasteiger partial charge >= 0.3 is 11.8 Å². The molecule has 2 heterocycles. The van der Waals surface area contributed by atoms with Gasteiger partial charge in [-0.3, -0.25) is 14.6 Å². The van der Waals surface area contributed by atoms with E-state index < -0.39 is 5.91 Å². The van der Waals surface area contributed by atoms with E-state index in [1.807, 2.05) is 0 Å². The third kappa shape index (κ3) is 3.58. The van der Waals surface area contributed by atoms with Crippen molar-refractivity contribution in [3.63, 3.8) is 0 Å². The molecule has 9 nitrogen and oxygen atoms in total. The first-order chi connectivity index (χ1) is 11.6. The molecular weight excluding hydrogens is 312 g/mol. The highest BCUT2D eigenvalue weighted by atomic mass is 16.5. The molecule has 0 aliphatic carbocycles. The topological polar surface area (TPSA) is 123 Å². The Bertz CT molecular complexity index is 878. The predicted octanol–water partition coefficient (Wildman–Crippen LogP) is 1.74. The van der Waals surface area contributed by atoms with Crippen LogP contribution in [0, 0.1) is 0 Å². The van der Waals surface area contributed by atoms with Crippen LogP contribution < -0.4 is 10.6 Å². The van der Waals surface area contributed by atoms with E-state index in [1.165, 1.54) is 25.5 Å². The Morgan fingerprint density at radius 3 is 2.62 bits per heavy atom. The van der Waals surface area contributed by atoms with Crippen molar-refractivity contribution in [3.05, 3.63) is 48.7 Å². The van der Waals surface area contributed by atoms with Gasteiger partial charge in [-0.2, -0.15) is 4.98 Å². The van der Waals surface area contributed by atoms with Gasteiger partial charge in [0.05, 0.1) is 6.20 Å². The van der Waals surface area contributed by atoms with Gasteiger partial charge in [0.1, 0.15) is 5.69 Å². The molecule has 3 rings (SSSR count). The van der Waals surface area contributed by atoms with Gasteiger partial charge in [0.25, 0.3) is 0 Å². The van der Waals surface area contributed by atoms with Crippen LogP contribution in [0.15, 0.2) is 47.4 Å². The van der Waals surface area contributed by atoms with Crippen molar-refractivity contribution in [2.24, 2.45) is 0 Å². The summed E-state index contributed by atoms with van der Waals surface area (Å²) in [5.74, 6) is -0.817. The molecule has 9 heteroatoms. The summed E-state index contributed by atoms with van der Waals surface area (Å²) >= 11 is 0. The Labute approximate surface area is 136 Å². The second-order valence-corrected chi connectivity index (χ2v) is 4.73. The quantitative estimate of drug-likeness (QED) is 0.749. The van der Waals surface area contributed by atoms with Crippen LogP contribution in [-0.2, 0) is 4.79 Å². The van der Waals surface area contributed by atoms with Crippen LogP contribution in [0.2, 0.25) is 0 Å². The van der Waals surface area contributed by atoms with Crippen LogP contribution in [0.1, 0.15) is 17.6 Å². The third-order valence-corrected chi connectivity index (χ3v) is 2.85. The third-order valence-electron chi connectivity index (χ3n) is 2.85. The van der Waals surface area contributed by atoms with E-state index in [9.17, 15) is 9.59 Å². The molecule has 24 heavy (non-hydrogen) atoms. The number of anilines is 2. The monoisotopic (exact) mass is 324 g/mol. The molecule has 0 radical (unpaired) electrons. The summed E-state index contributed by atoms with van der Waals surface area (Å²) < 4.78 is 4.94. The van der Waals surface area contributed by atoms with E-state index in [0.717, 1.165) is 0 Å². The molecular formula is C15H12N6O3. The average Bonchev–Trinajstić information content (AvgIpc) is 3.05. The second kappa shape index (κ2) is 6.65. The van der Waals surface area contributed by atoms with Crippen molar-refractivity contribution >= 4 is 23.2 Å². The number of carbonyl (C=O) groups is 2. The average molecular weight is 324 g/mol. The van der Waals surface area contributed by atoms with Gasteiger partial charge in [-0.15, -0.1) is 0 Å². The molecule has 0 aliphatic rings. The number of hydrogen-bond acceptors (Lipinski definition) is 7. The number of rotatable bonds is 4. The van der Waals surface area contributed by atoms with Crippen LogP contribution in [0.4, 0.5) is 11.4 Å². The highest BCUT2D eigenvalue weighted by molar-refractivity contribution is 6.01. The summed E-state index contributed by atoms with van der Waals surface area (Å²) in [5, 5.41) is 8.94. The second-order valence-electron chi connectivity index (χ2n) is 4.73. The Kier molecular flexibility index (Phi) is 4.23. The van der Waals surface area contributed by atoms with Crippen molar-refractivity contribution in [3.8, 4) is 11.5 Å². The number of nitrogens with one attached hydrogen (secondary N) is 2. The smallest absolute Gasteiger partial charge is 0.316 e. The lowest BCUT2D eigenvalue weighted by Crippen LogP contribution is -2.13. The molecule has 0 bridgehead atoms. The number of carbonyl (C=O) groups excluding carboxylic acids is 2. The van der Waals surface area contributed by atoms with Gasteiger partial charge in [-0.1, -0.05) is 11.2 Å². The molecule has 0 spiro atoms. The van der Waals surface area contributed by atoms with Crippen LogP contribution in [0.3, 0.4) is 0 Å². The number of benzene rings is 1. The van der Waals surface area contributed by atoms with Crippen molar-refractivity contribution in [1.82, 2.24) is 20.1 Å². The maximum atomic E-state index is 12.2. The van der Waals surface area contributed by atoms with Crippen molar-refractivity contribution in [2.45, 2.75) is 6.92 Å². The first kappa shape index (κ1) is 15.3. The minimum absolute atomic E-state index is 0.167. The van der Waals surface area contributed by atoms with Crippen molar-refractivity contribution in [1.29, 1.82) is 0 Å². The minimum atomic E-state index is -0.572. The van der Waals surface area contributed by atoms with Gasteiger partial charge in [0.15, 0.2) is 0 Å². The van der Waals surface area contributed by atoms with Crippen LogP contribution >= 0.6 is 0 Å². The van der Waals surface area contributed by atoms with Crippen LogP contribution in [0.5, 0.6) is 0 Å². The molecule has 2 N–H and O–H groups in total. The van der Waals surface area contributed by atoms with Crippen LogP contribution in [0.25, 0.3) is 11.5 Å². The molecule has 0 saturated heterocycles. The summed E-state index contributed by atoms with van der Waals surface area (Å²) in [4.78, 5) is 35.1. The number of amides is 2. The van der Waals surface area contributed by atoms with Gasteiger partial charge in [-0.05, 0) is 18.2 Å². The Hall–Kier alpha value is -3.62. The van der Waals surface area contributed by atoms with Crippen molar-refractivity contribution in [2.75, 3.05) is 10.6 Å². The molecule has 0 fully saturated rings. The Morgan fingerprint density at radius 1 is 1.12 bits per heavy atom. The summed E-state index contributed by atoms with van der Waals surface area (Å²) in [5.41, 5.74) is 1.43. The lowest BCUT2D eigenvalue weighted by Gasteiger charge is -2.05. The molecule has 3 aromatic rings. The fraction of sp³-hybridized carbons (Fsp3) is 0.0667. The predicted molar refractivity (Wildman–Crippen MR) is 84.0 cm³/mol. The highest BCUT2D eigenvalue weighted by Crippen LogP contribution is 2.17. The molecule has 0 unspecified atom stereocenters. The van der Waals surface area contributed by atoms with E-state index >= 15 is 0 Å². The normalized spacial score (nSPS) is 10.2. The standard InChI is InChI=1S/C15H12N6O3/c1-9(22)18-10-3-2-4-11(7-10)19-14(23)15-20-13(21-24-15)12-8-16-5-6-17-12/h2-8H,1H3,(H,18,22)(H,19,23). The Balaban J connectivity index is 1.74. The van der Waals surface area contributed by atoms with E-state index in [1.54, 1.807) is 24.3 Å². The summed E-state index contributed by atoms with van der Waals surface area (Å²) in [6.45, 7) is 1.40. The lowest BCUT2D eigenvalue weighted by atomic mass is 10.2. The molecule has 0 saturated carbocycles. The zero-order valence-corrected chi connectivity index (χ0v) is 12.6. The first-order valence-electron chi connectivity index (χ1n) is 6.91. The highest BCUT2D eigenvalue weighted by Gasteiger charge is 2.17. The molecule has 120 valence electrons. The van der Waals surface area contributed by atoms with Crippen LogP contribution in [-0.4, -0.2) is 31.9 Å². The number of aromatic nitrogens is 4. The maximum Gasteiger partial charge on any atom is 0.316 e. The lowest BCUT2D eigenvalue weighted by molar-refractivity contribution is -0.114. The largest absolute Gasteiger partial charge is 0.328 e. The SMILES string of the molecule is CC(=O)Nc1cccc(NC(=O)c2nc(-c3cnccn3)no2)c1. The summed E-state index contributed by atoms with van der Waals surface area (Å²) in [6, 6.07) is 6.68. The number of nitrogens with zero attached hydrogens (tertiary/aromatic N) is 4. The molecule has 0 atom stereocenters. The van der Waals surface area contributed by atoms with E-state index in [0.29, 0.717) is 17.1 Å². The summed E-state index contributed by atoms with van der Waals surface area (Å²) in [6.07, 6.45) is 4.46. The molecule has 2 amide bonds. The van der Waals surface area contributed by atoms with E-state index in [4.69, 9.17) is 4.52 Å². The fourth-order valence-electron chi connectivity index (χ4n) is 1.90. The minimum Gasteiger partial charge on any atom is -0.328 e. The summed E-state index contributed by atoms with van der Waals surface area (Å²) in [7, 11) is 0. The zero-order valence-electron chi connectivity index (χ0n) is 12.6. The van der Waals surface area contributed by atoms with E-state index in [2.05, 4.69) is 30.7 Å². The van der Waals surface area contributed by atoms with Crippen molar-refractivity contribution < 1.29 is 14.1 Å².